The molecule has 1 atom stereocenters. The second kappa shape index (κ2) is 12.0. The van der Waals surface area contributed by atoms with Crippen LogP contribution in [0.2, 0.25) is 0 Å². The van der Waals surface area contributed by atoms with E-state index in [1.54, 1.807) is 0 Å². The summed E-state index contributed by atoms with van der Waals surface area (Å²) in [4.78, 5) is 2.19. The first-order valence-electron chi connectivity index (χ1n) is 12.0. The van der Waals surface area contributed by atoms with E-state index >= 15 is 0 Å². The lowest BCUT2D eigenvalue weighted by molar-refractivity contribution is 0.0921. The summed E-state index contributed by atoms with van der Waals surface area (Å²) in [7, 11) is 0. The van der Waals surface area contributed by atoms with Crippen LogP contribution in [-0.2, 0) is 13.1 Å². The second-order valence-corrected chi connectivity index (χ2v) is 8.68. The summed E-state index contributed by atoms with van der Waals surface area (Å²) in [5.74, 6) is 0.783. The van der Waals surface area contributed by atoms with Gasteiger partial charge < -0.3 is 24.6 Å². The molecule has 0 spiro atoms. The third-order valence-electron chi connectivity index (χ3n) is 6.08. The minimum atomic E-state index is -0.556. The molecule has 4 rings (SSSR count). The van der Waals surface area contributed by atoms with Gasteiger partial charge in [0.05, 0.1) is 19.3 Å². The Morgan fingerprint density at radius 1 is 0.794 bits per heavy atom. The summed E-state index contributed by atoms with van der Waals surface area (Å²) in [6.07, 6.45) is 0.712. The highest BCUT2D eigenvalue weighted by Gasteiger charge is 2.16. The maximum absolute atomic E-state index is 11.1. The lowest BCUT2D eigenvalue weighted by atomic mass is 10.2. The van der Waals surface area contributed by atoms with Crippen LogP contribution in [-0.4, -0.2) is 63.8 Å². The summed E-state index contributed by atoms with van der Waals surface area (Å²) in [6.45, 7) is 3.13. The first-order chi connectivity index (χ1) is 16.7. The van der Waals surface area contributed by atoms with Gasteiger partial charge in [0, 0.05) is 61.1 Å². The van der Waals surface area contributed by atoms with Gasteiger partial charge in [0.15, 0.2) is 0 Å². The molecule has 3 N–H and O–H groups in total. The molecule has 6 heteroatoms. The molecular formula is C28H34N2O4. The van der Waals surface area contributed by atoms with Gasteiger partial charge in [0.1, 0.15) is 5.75 Å². The van der Waals surface area contributed by atoms with Crippen LogP contribution in [0, 0.1) is 0 Å². The fourth-order valence-electron chi connectivity index (χ4n) is 4.50. The fraction of sp³-hybridized carbons (Fsp3) is 0.357. The van der Waals surface area contributed by atoms with Crippen LogP contribution in [0.5, 0.6) is 5.75 Å². The maximum atomic E-state index is 11.1. The maximum Gasteiger partial charge on any atom is 0.119 e. The van der Waals surface area contributed by atoms with Crippen molar-refractivity contribution in [1.82, 2.24) is 9.47 Å². The van der Waals surface area contributed by atoms with Gasteiger partial charge >= 0.3 is 0 Å². The number of rotatable bonds is 13. The highest BCUT2D eigenvalue weighted by Crippen LogP contribution is 2.29. The molecule has 34 heavy (non-hydrogen) atoms. The molecule has 0 saturated heterocycles. The molecule has 0 radical (unpaired) electrons. The summed E-state index contributed by atoms with van der Waals surface area (Å²) >= 11 is 0. The number of aliphatic hydroxyl groups is 3. The van der Waals surface area contributed by atoms with E-state index in [-0.39, 0.29) is 13.2 Å². The molecular weight excluding hydrogens is 428 g/mol. The molecule has 1 heterocycles. The molecule has 4 aromatic rings. The Labute approximate surface area is 200 Å². The smallest absolute Gasteiger partial charge is 0.119 e. The van der Waals surface area contributed by atoms with E-state index in [4.69, 9.17) is 9.84 Å². The Morgan fingerprint density at radius 2 is 1.41 bits per heavy atom. The molecule has 1 aromatic heterocycles. The van der Waals surface area contributed by atoms with Gasteiger partial charge in [-0.15, -0.1) is 0 Å². The molecule has 0 fully saturated rings. The van der Waals surface area contributed by atoms with Gasteiger partial charge in [-0.1, -0.05) is 48.5 Å². The van der Waals surface area contributed by atoms with Crippen molar-refractivity contribution in [2.75, 3.05) is 32.9 Å². The van der Waals surface area contributed by atoms with Gasteiger partial charge in [0.25, 0.3) is 0 Å². The average molecular weight is 463 g/mol. The molecule has 0 amide bonds. The number of hydrogen-bond donors (Lipinski definition) is 3. The monoisotopic (exact) mass is 462 g/mol. The van der Waals surface area contributed by atoms with Crippen LogP contribution in [0.3, 0.4) is 0 Å². The zero-order valence-electron chi connectivity index (χ0n) is 19.5. The molecule has 0 unspecified atom stereocenters. The van der Waals surface area contributed by atoms with Gasteiger partial charge in [-0.05, 0) is 36.2 Å². The van der Waals surface area contributed by atoms with Crippen LogP contribution in [0.15, 0.2) is 72.8 Å². The van der Waals surface area contributed by atoms with E-state index in [0.29, 0.717) is 45.6 Å². The molecule has 0 saturated carbocycles. The number of aliphatic hydroxyl groups excluding tert-OH is 3. The highest BCUT2D eigenvalue weighted by molar-refractivity contribution is 6.07. The Bertz CT molecular complexity index is 1120. The summed E-state index contributed by atoms with van der Waals surface area (Å²) in [5, 5.41) is 31.7. The van der Waals surface area contributed by atoms with Crippen molar-refractivity contribution in [3.63, 3.8) is 0 Å². The number of ether oxygens (including phenoxy) is 1. The molecule has 3 aromatic carbocycles. The minimum absolute atomic E-state index is 0.120. The number of benzene rings is 3. The molecule has 6 nitrogen and oxygen atoms in total. The number of aromatic nitrogens is 1. The van der Waals surface area contributed by atoms with Gasteiger partial charge in [0.2, 0.25) is 0 Å². The van der Waals surface area contributed by atoms with Crippen molar-refractivity contribution < 1.29 is 20.1 Å². The lowest BCUT2D eigenvalue weighted by Crippen LogP contribution is -2.35. The predicted molar refractivity (Wildman–Crippen MR) is 136 cm³/mol. The van der Waals surface area contributed by atoms with Crippen molar-refractivity contribution in [2.24, 2.45) is 0 Å². The Balaban J connectivity index is 1.45. The van der Waals surface area contributed by atoms with Gasteiger partial charge in [-0.3, -0.25) is 4.90 Å². The van der Waals surface area contributed by atoms with Crippen LogP contribution < -0.4 is 4.74 Å². The number of fused-ring (bicyclic) bond motifs is 3. The predicted octanol–water partition coefficient (Wildman–Crippen LogP) is 3.80. The molecule has 180 valence electrons. The van der Waals surface area contributed by atoms with Crippen molar-refractivity contribution in [1.29, 1.82) is 0 Å². The first kappa shape index (κ1) is 24.2. The summed E-state index contributed by atoms with van der Waals surface area (Å²) < 4.78 is 7.82. The fourth-order valence-corrected chi connectivity index (χ4v) is 4.50. The van der Waals surface area contributed by atoms with E-state index in [0.717, 1.165) is 22.3 Å². The van der Waals surface area contributed by atoms with Crippen molar-refractivity contribution in [3.05, 3.63) is 78.4 Å². The van der Waals surface area contributed by atoms with E-state index in [1.165, 1.54) is 10.8 Å². The zero-order chi connectivity index (χ0) is 23.8. The van der Waals surface area contributed by atoms with Crippen LogP contribution in [0.25, 0.3) is 21.8 Å². The summed E-state index contributed by atoms with van der Waals surface area (Å²) in [6, 6.07) is 24.6. The Kier molecular flexibility index (Phi) is 8.55. The Morgan fingerprint density at radius 3 is 2.03 bits per heavy atom. The van der Waals surface area contributed by atoms with E-state index in [1.807, 2.05) is 36.4 Å². The number of nitrogens with zero attached hydrogens (tertiary/aromatic N) is 2. The quantitative estimate of drug-likeness (QED) is 0.264. The largest absolute Gasteiger partial charge is 0.494 e. The van der Waals surface area contributed by atoms with E-state index in [9.17, 15) is 10.2 Å². The lowest BCUT2D eigenvalue weighted by Gasteiger charge is -2.26. The van der Waals surface area contributed by atoms with Crippen molar-refractivity contribution in [2.45, 2.75) is 32.0 Å². The van der Waals surface area contributed by atoms with Crippen LogP contribution >= 0.6 is 0 Å². The standard InChI is InChI=1S/C28H34N2O4/c31-16-5-15-29(19-22-11-13-24(14-12-22)34-18-6-17-32)20-23(33)21-30-27-9-3-1-7-25(27)26-8-2-4-10-28(26)30/h1-4,7-14,23,31-33H,5-6,15-21H2/t23-/m0/s1. The SMILES string of the molecule is OCCCOc1ccc(CN(CCCO)C[C@H](O)Cn2c3ccccc3c3ccccc32)cc1. The van der Waals surface area contributed by atoms with Crippen molar-refractivity contribution >= 4 is 21.8 Å². The zero-order valence-corrected chi connectivity index (χ0v) is 19.5. The second-order valence-electron chi connectivity index (χ2n) is 8.68. The summed E-state index contributed by atoms with van der Waals surface area (Å²) in [5.41, 5.74) is 3.37. The first-order valence-corrected chi connectivity index (χ1v) is 12.0. The number of hydrogen-bond acceptors (Lipinski definition) is 5. The normalized spacial score (nSPS) is 12.6. The van der Waals surface area contributed by atoms with Crippen molar-refractivity contribution in [3.8, 4) is 5.75 Å². The average Bonchev–Trinajstić information content (AvgIpc) is 3.17. The minimum Gasteiger partial charge on any atom is -0.494 e. The van der Waals surface area contributed by atoms with E-state index < -0.39 is 6.10 Å². The van der Waals surface area contributed by atoms with Crippen LogP contribution in [0.4, 0.5) is 0 Å². The molecule has 0 aliphatic rings. The number of para-hydroxylation sites is 2. The molecule has 0 aliphatic heterocycles. The third-order valence-corrected chi connectivity index (χ3v) is 6.08. The molecule has 0 aliphatic carbocycles. The third kappa shape index (κ3) is 5.96. The topological polar surface area (TPSA) is 78.1 Å². The van der Waals surface area contributed by atoms with Crippen LogP contribution in [0.1, 0.15) is 18.4 Å². The Hall–Kier alpha value is -2.90. The molecule has 0 bridgehead atoms. The van der Waals surface area contributed by atoms with Gasteiger partial charge in [-0.25, -0.2) is 0 Å². The van der Waals surface area contributed by atoms with E-state index in [2.05, 4.69) is 45.9 Å². The van der Waals surface area contributed by atoms with Gasteiger partial charge in [-0.2, -0.15) is 0 Å². The highest BCUT2D eigenvalue weighted by atomic mass is 16.5.